The minimum Gasteiger partial charge on any atom is -0.375 e. The summed E-state index contributed by atoms with van der Waals surface area (Å²) < 4.78 is 4.98. The number of likely N-dealkylation sites (tertiary alicyclic amines) is 1. The highest BCUT2D eigenvalue weighted by Gasteiger charge is 2.41. The Balaban J connectivity index is 1.48. The summed E-state index contributed by atoms with van der Waals surface area (Å²) in [5.41, 5.74) is 0.288. The summed E-state index contributed by atoms with van der Waals surface area (Å²) in [7, 11) is 1.53. The molecule has 6 nitrogen and oxygen atoms in total. The molecule has 148 valence electrons. The molecule has 1 N–H and O–H groups in total. The third kappa shape index (κ3) is 4.02. The molecule has 2 amide bonds. The van der Waals surface area contributed by atoms with Crippen molar-refractivity contribution in [3.05, 3.63) is 42.2 Å². The Morgan fingerprint density at radius 1 is 1.21 bits per heavy atom. The third-order valence-electron chi connectivity index (χ3n) is 5.94. The number of rotatable bonds is 6. The molecule has 6 heteroatoms. The standard InChI is InChI=1S/C22H27N3O3/c1-28-15-19(26)24-22(14-16-6-7-16)9-12-25(13-10-22)21(27)20-18-5-3-2-4-17(18)8-11-23-20/h2-5,8,11,16H,6-7,9-10,12-15H2,1H3,(H,24,26). The van der Waals surface area contributed by atoms with Crippen molar-refractivity contribution < 1.29 is 14.3 Å². The number of aromatic nitrogens is 1. The van der Waals surface area contributed by atoms with Crippen LogP contribution in [0.2, 0.25) is 0 Å². The summed E-state index contributed by atoms with van der Waals surface area (Å²) >= 11 is 0. The maximum atomic E-state index is 13.1. The summed E-state index contributed by atoms with van der Waals surface area (Å²) in [5.74, 6) is 0.600. The molecule has 1 aliphatic carbocycles. The van der Waals surface area contributed by atoms with Crippen LogP contribution in [0.5, 0.6) is 0 Å². The lowest BCUT2D eigenvalue weighted by molar-refractivity contribution is -0.127. The Hall–Kier alpha value is -2.47. The lowest BCUT2D eigenvalue weighted by atomic mass is 9.82. The summed E-state index contributed by atoms with van der Waals surface area (Å²) in [6.45, 7) is 1.34. The normalized spacial score (nSPS) is 18.8. The number of fused-ring (bicyclic) bond motifs is 1. The van der Waals surface area contributed by atoms with Crippen LogP contribution in [0.1, 0.15) is 42.6 Å². The van der Waals surface area contributed by atoms with E-state index in [9.17, 15) is 9.59 Å². The number of piperidine rings is 1. The van der Waals surface area contributed by atoms with Crippen LogP contribution in [0, 0.1) is 5.92 Å². The summed E-state index contributed by atoms with van der Waals surface area (Å²) in [4.78, 5) is 31.6. The Labute approximate surface area is 165 Å². The average molecular weight is 381 g/mol. The molecular weight excluding hydrogens is 354 g/mol. The maximum Gasteiger partial charge on any atom is 0.273 e. The number of benzene rings is 1. The molecule has 1 saturated carbocycles. The monoisotopic (exact) mass is 381 g/mol. The Bertz CT molecular complexity index is 865. The first-order chi connectivity index (χ1) is 13.6. The second-order valence-corrected chi connectivity index (χ2v) is 8.08. The predicted octanol–water partition coefficient (Wildman–Crippen LogP) is 2.77. The first kappa shape index (κ1) is 18.9. The fraction of sp³-hybridized carbons (Fsp3) is 0.500. The van der Waals surface area contributed by atoms with Gasteiger partial charge in [-0.15, -0.1) is 0 Å². The second kappa shape index (κ2) is 7.87. The third-order valence-corrected chi connectivity index (χ3v) is 5.94. The largest absolute Gasteiger partial charge is 0.375 e. The molecule has 0 bridgehead atoms. The predicted molar refractivity (Wildman–Crippen MR) is 107 cm³/mol. The topological polar surface area (TPSA) is 71.5 Å². The van der Waals surface area contributed by atoms with E-state index < -0.39 is 0 Å². The smallest absolute Gasteiger partial charge is 0.273 e. The van der Waals surface area contributed by atoms with Gasteiger partial charge in [0.15, 0.2) is 0 Å². The number of hydrogen-bond acceptors (Lipinski definition) is 4. The first-order valence-corrected chi connectivity index (χ1v) is 10.0. The minimum absolute atomic E-state index is 0.0277. The van der Waals surface area contributed by atoms with E-state index in [1.54, 1.807) is 6.20 Å². The highest BCUT2D eigenvalue weighted by molar-refractivity contribution is 6.05. The van der Waals surface area contributed by atoms with Gasteiger partial charge >= 0.3 is 0 Å². The summed E-state index contributed by atoms with van der Waals surface area (Å²) in [6.07, 6.45) is 6.72. The molecule has 2 fully saturated rings. The molecule has 0 unspecified atom stereocenters. The van der Waals surface area contributed by atoms with Gasteiger partial charge in [0, 0.05) is 37.3 Å². The maximum absolute atomic E-state index is 13.1. The summed E-state index contributed by atoms with van der Waals surface area (Å²) in [5, 5.41) is 5.12. The van der Waals surface area contributed by atoms with Crippen LogP contribution >= 0.6 is 0 Å². The van der Waals surface area contributed by atoms with Gasteiger partial charge in [0.1, 0.15) is 12.3 Å². The van der Waals surface area contributed by atoms with E-state index in [-0.39, 0.29) is 24.0 Å². The Morgan fingerprint density at radius 2 is 1.96 bits per heavy atom. The van der Waals surface area contributed by atoms with Crippen molar-refractivity contribution in [3.8, 4) is 0 Å². The van der Waals surface area contributed by atoms with Gasteiger partial charge < -0.3 is 15.0 Å². The zero-order chi connectivity index (χ0) is 19.6. The molecule has 1 saturated heterocycles. The zero-order valence-electron chi connectivity index (χ0n) is 16.3. The molecule has 0 radical (unpaired) electrons. The Kier molecular flexibility index (Phi) is 5.31. The van der Waals surface area contributed by atoms with Crippen molar-refractivity contribution >= 4 is 22.6 Å². The molecule has 0 atom stereocenters. The zero-order valence-corrected chi connectivity index (χ0v) is 16.3. The lowest BCUT2D eigenvalue weighted by Crippen LogP contribution is -2.57. The Morgan fingerprint density at radius 3 is 2.68 bits per heavy atom. The molecular formula is C22H27N3O3. The van der Waals surface area contributed by atoms with E-state index in [0.717, 1.165) is 30.0 Å². The van der Waals surface area contributed by atoms with E-state index in [1.807, 2.05) is 35.2 Å². The van der Waals surface area contributed by atoms with Crippen LogP contribution in [0.15, 0.2) is 36.5 Å². The van der Waals surface area contributed by atoms with Crippen molar-refractivity contribution in [3.63, 3.8) is 0 Å². The second-order valence-electron chi connectivity index (χ2n) is 8.08. The SMILES string of the molecule is COCC(=O)NC1(CC2CC2)CCN(C(=O)c2nccc3ccccc23)CC1. The molecule has 1 aromatic heterocycles. The van der Waals surface area contributed by atoms with Gasteiger partial charge in [-0.2, -0.15) is 0 Å². The van der Waals surface area contributed by atoms with E-state index in [2.05, 4.69) is 10.3 Å². The van der Waals surface area contributed by atoms with Crippen LogP contribution in [0.25, 0.3) is 10.8 Å². The molecule has 28 heavy (non-hydrogen) atoms. The van der Waals surface area contributed by atoms with Crippen molar-refractivity contribution in [2.75, 3.05) is 26.8 Å². The van der Waals surface area contributed by atoms with Crippen molar-refractivity contribution in [1.82, 2.24) is 15.2 Å². The van der Waals surface area contributed by atoms with E-state index in [0.29, 0.717) is 24.7 Å². The van der Waals surface area contributed by atoms with Crippen LogP contribution in [-0.4, -0.2) is 54.0 Å². The van der Waals surface area contributed by atoms with E-state index in [1.165, 1.54) is 20.0 Å². The molecule has 1 aliphatic heterocycles. The average Bonchev–Trinajstić information content (AvgIpc) is 3.51. The van der Waals surface area contributed by atoms with Gasteiger partial charge in [-0.05, 0) is 36.6 Å². The molecule has 0 spiro atoms. The van der Waals surface area contributed by atoms with Gasteiger partial charge in [-0.3, -0.25) is 14.6 Å². The molecule has 2 aromatic rings. The van der Waals surface area contributed by atoms with Crippen LogP contribution in [0.3, 0.4) is 0 Å². The van der Waals surface area contributed by atoms with Gasteiger partial charge in [0.05, 0.1) is 0 Å². The van der Waals surface area contributed by atoms with Crippen molar-refractivity contribution in [2.45, 2.75) is 37.6 Å². The number of carbonyl (C=O) groups excluding carboxylic acids is 2. The number of methoxy groups -OCH3 is 1. The first-order valence-electron chi connectivity index (χ1n) is 10.0. The van der Waals surface area contributed by atoms with Gasteiger partial charge in [-0.1, -0.05) is 37.1 Å². The fourth-order valence-electron chi connectivity index (χ4n) is 4.30. The van der Waals surface area contributed by atoms with Crippen LogP contribution in [0.4, 0.5) is 0 Å². The highest BCUT2D eigenvalue weighted by Crippen LogP contribution is 2.40. The quantitative estimate of drug-likeness (QED) is 0.835. The number of amides is 2. The number of ether oxygens (including phenoxy) is 1. The highest BCUT2D eigenvalue weighted by atomic mass is 16.5. The number of pyridine rings is 1. The fourth-order valence-corrected chi connectivity index (χ4v) is 4.30. The van der Waals surface area contributed by atoms with Gasteiger partial charge in [0.25, 0.3) is 5.91 Å². The summed E-state index contributed by atoms with van der Waals surface area (Å²) in [6, 6.07) is 9.77. The number of nitrogens with one attached hydrogen (secondary N) is 1. The number of carbonyl (C=O) groups is 2. The molecule has 2 heterocycles. The lowest BCUT2D eigenvalue weighted by Gasteiger charge is -2.42. The van der Waals surface area contributed by atoms with Gasteiger partial charge in [-0.25, -0.2) is 0 Å². The minimum atomic E-state index is -0.222. The molecule has 2 aliphatic rings. The van der Waals surface area contributed by atoms with Crippen LogP contribution in [-0.2, 0) is 9.53 Å². The van der Waals surface area contributed by atoms with E-state index in [4.69, 9.17) is 4.74 Å². The molecule has 4 rings (SSSR count). The van der Waals surface area contributed by atoms with Crippen molar-refractivity contribution in [1.29, 1.82) is 0 Å². The molecule has 1 aromatic carbocycles. The van der Waals surface area contributed by atoms with Gasteiger partial charge in [0.2, 0.25) is 5.91 Å². The number of hydrogen-bond donors (Lipinski definition) is 1. The van der Waals surface area contributed by atoms with Crippen LogP contribution < -0.4 is 5.32 Å². The van der Waals surface area contributed by atoms with Crippen molar-refractivity contribution in [2.24, 2.45) is 5.92 Å². The van der Waals surface area contributed by atoms with E-state index >= 15 is 0 Å². The number of nitrogens with zero attached hydrogens (tertiary/aromatic N) is 2.